The van der Waals surface area contributed by atoms with Crippen LogP contribution in [0, 0.1) is 11.3 Å². The fraction of sp³-hybridized carbons (Fsp3) is 0.188. The minimum atomic E-state index is 0.101. The predicted octanol–water partition coefficient (Wildman–Crippen LogP) is 2.29. The summed E-state index contributed by atoms with van der Waals surface area (Å²) in [6.07, 6.45) is 2.84. The number of aliphatic imine (C=N–C) groups is 1. The Kier molecular flexibility index (Phi) is 5.12. The number of imidazole rings is 1. The first kappa shape index (κ1) is 16.0. The van der Waals surface area contributed by atoms with Crippen molar-refractivity contribution in [1.29, 1.82) is 5.41 Å². The minimum Gasteiger partial charge on any atom is -0.345 e. The van der Waals surface area contributed by atoms with Crippen LogP contribution in [0.3, 0.4) is 0 Å². The summed E-state index contributed by atoms with van der Waals surface area (Å²) in [5.41, 5.74) is 1.50. The van der Waals surface area contributed by atoms with E-state index in [1.54, 1.807) is 6.33 Å². The molecule has 1 aromatic heterocycles. The number of hydrogen-bond donors (Lipinski definition) is 3. The molecule has 1 heterocycles. The van der Waals surface area contributed by atoms with Crippen LogP contribution in [0.5, 0.6) is 0 Å². The van der Waals surface area contributed by atoms with E-state index in [4.69, 9.17) is 17.0 Å². The molecule has 2 rings (SSSR count). The Hall–Kier alpha value is -2.40. The molecule has 6 heteroatoms. The number of aromatic amines is 1. The van der Waals surface area contributed by atoms with Crippen LogP contribution in [0.1, 0.15) is 19.4 Å². The van der Waals surface area contributed by atoms with Crippen LogP contribution in [-0.4, -0.2) is 21.4 Å². The first-order valence-corrected chi connectivity index (χ1v) is 7.24. The molecule has 0 aliphatic rings. The zero-order valence-electron chi connectivity index (χ0n) is 12.5. The fourth-order valence-corrected chi connectivity index (χ4v) is 1.85. The van der Waals surface area contributed by atoms with Gasteiger partial charge in [0.25, 0.3) is 0 Å². The van der Waals surface area contributed by atoms with Crippen LogP contribution in [-0.2, 0) is 0 Å². The molecule has 1 aromatic carbocycles. The minimum absolute atomic E-state index is 0.101. The molecule has 0 aliphatic carbocycles. The van der Waals surface area contributed by atoms with Gasteiger partial charge < -0.3 is 15.7 Å². The topological polar surface area (TPSA) is 76.9 Å². The first-order valence-electron chi connectivity index (χ1n) is 6.86. The van der Waals surface area contributed by atoms with E-state index in [2.05, 4.69) is 26.9 Å². The molecule has 5 nitrogen and oxygen atoms in total. The number of hydrogen-bond acceptors (Lipinski definition) is 4. The van der Waals surface area contributed by atoms with E-state index in [1.807, 2.05) is 38.1 Å². The molecule has 114 valence electrons. The molecule has 0 fully saturated rings. The Morgan fingerprint density at radius 2 is 2.18 bits per heavy atom. The maximum atomic E-state index is 7.49. The van der Waals surface area contributed by atoms with Crippen LogP contribution in [0.2, 0.25) is 0 Å². The van der Waals surface area contributed by atoms with Gasteiger partial charge in [-0.05, 0) is 6.07 Å². The van der Waals surface area contributed by atoms with Gasteiger partial charge in [-0.1, -0.05) is 50.2 Å². The zero-order valence-corrected chi connectivity index (χ0v) is 13.3. The van der Waals surface area contributed by atoms with Gasteiger partial charge in [-0.3, -0.25) is 0 Å². The maximum absolute atomic E-state index is 7.49. The molecule has 0 radical (unpaired) electrons. The van der Waals surface area contributed by atoms with Crippen molar-refractivity contribution in [1.82, 2.24) is 9.97 Å². The Labute approximate surface area is 134 Å². The number of rotatable bonds is 5. The largest absolute Gasteiger partial charge is 0.345 e. The van der Waals surface area contributed by atoms with Gasteiger partial charge in [0, 0.05) is 23.4 Å². The standard InChI is InChI=1S/C16H18ClN5/c1-10(2)15(17)22-16(14-11(3)19-9-20-14)21-13-7-5-4-6-12(13)8-18/h4-10,18,21H,3H2,1-2H3,(H,19,20)/b16-14+,18-8?,22-15+. The molecule has 0 atom stereocenters. The number of aromatic nitrogens is 2. The summed E-state index contributed by atoms with van der Waals surface area (Å²) in [6.45, 7) is 7.83. The lowest BCUT2D eigenvalue weighted by Gasteiger charge is -2.10. The molecular weight excluding hydrogens is 298 g/mol. The monoisotopic (exact) mass is 315 g/mol. The van der Waals surface area contributed by atoms with Crippen molar-refractivity contribution in [2.75, 3.05) is 5.32 Å². The SMILES string of the molecule is C=c1[nH]cn/c1=C(/N=C(/Cl)C(C)C)Nc1ccccc1C=N. The van der Waals surface area contributed by atoms with Crippen LogP contribution in [0.25, 0.3) is 12.4 Å². The molecule has 2 aromatic rings. The summed E-state index contributed by atoms with van der Waals surface area (Å²) in [7, 11) is 0. The first-order chi connectivity index (χ1) is 10.5. The van der Waals surface area contributed by atoms with E-state index in [-0.39, 0.29) is 5.92 Å². The summed E-state index contributed by atoms with van der Waals surface area (Å²) in [6, 6.07) is 7.47. The summed E-state index contributed by atoms with van der Waals surface area (Å²) in [5.74, 6) is 0.600. The van der Waals surface area contributed by atoms with Crippen molar-refractivity contribution >= 4 is 41.1 Å². The number of halogens is 1. The number of nitrogens with one attached hydrogen (secondary N) is 3. The van der Waals surface area contributed by atoms with Crippen molar-refractivity contribution in [2.45, 2.75) is 13.8 Å². The molecule has 3 N–H and O–H groups in total. The molecule has 0 bridgehead atoms. The smallest absolute Gasteiger partial charge is 0.159 e. The molecule has 22 heavy (non-hydrogen) atoms. The highest BCUT2D eigenvalue weighted by Crippen LogP contribution is 2.16. The summed E-state index contributed by atoms with van der Waals surface area (Å²) in [4.78, 5) is 11.6. The number of para-hydroxylation sites is 1. The van der Waals surface area contributed by atoms with Gasteiger partial charge in [-0.25, -0.2) is 9.98 Å². The number of nitrogens with zero attached hydrogens (tertiary/aromatic N) is 2. The van der Waals surface area contributed by atoms with Gasteiger partial charge in [0.05, 0.1) is 11.7 Å². The van der Waals surface area contributed by atoms with Gasteiger partial charge in [0.1, 0.15) is 10.5 Å². The second kappa shape index (κ2) is 7.04. The lowest BCUT2D eigenvalue weighted by atomic mass is 10.2. The molecular formula is C16H18ClN5. The number of anilines is 1. The zero-order chi connectivity index (χ0) is 16.1. The number of benzene rings is 1. The lowest BCUT2D eigenvalue weighted by molar-refractivity contribution is 0.899. The molecule has 0 aliphatic heterocycles. The van der Waals surface area contributed by atoms with Gasteiger partial charge in [0.15, 0.2) is 5.82 Å². The van der Waals surface area contributed by atoms with Gasteiger partial charge in [-0.2, -0.15) is 0 Å². The van der Waals surface area contributed by atoms with E-state index < -0.39 is 0 Å². The van der Waals surface area contributed by atoms with Crippen molar-refractivity contribution in [3.63, 3.8) is 0 Å². The van der Waals surface area contributed by atoms with E-state index >= 15 is 0 Å². The average molecular weight is 316 g/mol. The highest BCUT2D eigenvalue weighted by Gasteiger charge is 2.08. The quantitative estimate of drug-likeness (QED) is 0.740. The van der Waals surface area contributed by atoms with Gasteiger partial charge in [-0.15, -0.1) is 0 Å². The van der Waals surface area contributed by atoms with Crippen LogP contribution in [0.4, 0.5) is 5.69 Å². The van der Waals surface area contributed by atoms with Crippen LogP contribution >= 0.6 is 11.6 Å². The van der Waals surface area contributed by atoms with Crippen molar-refractivity contribution in [2.24, 2.45) is 10.9 Å². The van der Waals surface area contributed by atoms with Crippen LogP contribution < -0.4 is 16.0 Å². The predicted molar refractivity (Wildman–Crippen MR) is 92.8 cm³/mol. The van der Waals surface area contributed by atoms with Gasteiger partial charge in [0.2, 0.25) is 0 Å². The van der Waals surface area contributed by atoms with E-state index in [0.717, 1.165) is 11.3 Å². The van der Waals surface area contributed by atoms with E-state index in [0.29, 0.717) is 21.7 Å². The highest BCUT2D eigenvalue weighted by atomic mass is 35.5. The Morgan fingerprint density at radius 3 is 2.77 bits per heavy atom. The molecule has 0 amide bonds. The second-order valence-corrected chi connectivity index (χ2v) is 5.41. The third-order valence-electron chi connectivity index (χ3n) is 3.01. The highest BCUT2D eigenvalue weighted by molar-refractivity contribution is 6.66. The Bertz CT molecular complexity index is 804. The van der Waals surface area contributed by atoms with Crippen molar-refractivity contribution in [3.8, 4) is 0 Å². The van der Waals surface area contributed by atoms with Crippen molar-refractivity contribution < 1.29 is 0 Å². The Balaban J connectivity index is 2.57. The second-order valence-electron chi connectivity index (χ2n) is 5.02. The number of H-pyrrole nitrogens is 1. The maximum Gasteiger partial charge on any atom is 0.159 e. The summed E-state index contributed by atoms with van der Waals surface area (Å²) in [5, 5.41) is 12.4. The normalized spacial score (nSPS) is 13.2. The molecule has 0 unspecified atom stereocenters. The van der Waals surface area contributed by atoms with E-state index in [9.17, 15) is 0 Å². The van der Waals surface area contributed by atoms with Crippen LogP contribution in [0.15, 0.2) is 35.6 Å². The summed E-state index contributed by atoms with van der Waals surface area (Å²) < 4.78 is 0. The lowest BCUT2D eigenvalue weighted by Crippen LogP contribution is -2.28. The van der Waals surface area contributed by atoms with Gasteiger partial charge >= 0.3 is 0 Å². The molecule has 0 saturated carbocycles. The average Bonchev–Trinajstić information content (AvgIpc) is 2.93. The van der Waals surface area contributed by atoms with E-state index in [1.165, 1.54) is 6.21 Å². The molecule has 0 spiro atoms. The third kappa shape index (κ3) is 3.62. The fourth-order valence-electron chi connectivity index (χ4n) is 1.77. The third-order valence-corrected chi connectivity index (χ3v) is 3.53. The Morgan fingerprint density at radius 1 is 1.45 bits per heavy atom. The summed E-state index contributed by atoms with van der Waals surface area (Å²) >= 11 is 6.21. The van der Waals surface area contributed by atoms with Crippen molar-refractivity contribution in [3.05, 3.63) is 46.9 Å². The molecule has 0 saturated heterocycles.